The number of carbonyl (C=O) groups excluding carboxylic acids is 2. The molecule has 70 valence electrons. The largest absolute Gasteiger partial charge is 0.289 e. The summed E-state index contributed by atoms with van der Waals surface area (Å²) in [5.74, 6) is -0.301. The summed E-state index contributed by atoms with van der Waals surface area (Å²) in [5, 5.41) is 0. The van der Waals surface area contributed by atoms with Gasteiger partial charge in [0, 0.05) is 12.3 Å². The van der Waals surface area contributed by atoms with Crippen molar-refractivity contribution in [2.24, 2.45) is 0 Å². The molecule has 0 saturated carbocycles. The zero-order valence-electron chi connectivity index (χ0n) is 7.48. The molecule has 3 nitrogen and oxygen atoms in total. The van der Waals surface area contributed by atoms with E-state index in [-0.39, 0.29) is 17.3 Å². The first-order chi connectivity index (χ1) is 6.74. The van der Waals surface area contributed by atoms with E-state index in [2.05, 4.69) is 4.98 Å². The van der Waals surface area contributed by atoms with Crippen LogP contribution in [0.1, 0.15) is 20.8 Å². The SMILES string of the molecule is CSC1=CC(=O)c2cccnc2C1=O. The number of allylic oxidation sites excluding steroid dienone is 2. The summed E-state index contributed by atoms with van der Waals surface area (Å²) in [6.45, 7) is 0. The van der Waals surface area contributed by atoms with E-state index in [1.54, 1.807) is 18.4 Å². The molecule has 0 aromatic carbocycles. The topological polar surface area (TPSA) is 47.0 Å². The Hall–Kier alpha value is -1.42. The maximum absolute atomic E-state index is 11.7. The van der Waals surface area contributed by atoms with E-state index in [9.17, 15) is 9.59 Å². The Bertz CT molecular complexity index is 451. The standard InChI is InChI=1S/C10H7NO2S/c1-14-8-5-7(12)6-3-2-4-11-9(6)10(8)13/h2-5H,1H3. The van der Waals surface area contributed by atoms with Gasteiger partial charge in [-0.1, -0.05) is 0 Å². The molecule has 0 unspecified atom stereocenters. The lowest BCUT2D eigenvalue weighted by Crippen LogP contribution is -2.16. The van der Waals surface area contributed by atoms with E-state index in [0.717, 1.165) is 0 Å². The van der Waals surface area contributed by atoms with Gasteiger partial charge in [-0.2, -0.15) is 0 Å². The fourth-order valence-electron chi connectivity index (χ4n) is 1.32. The van der Waals surface area contributed by atoms with Crippen LogP contribution in [0.15, 0.2) is 29.3 Å². The molecule has 1 aliphatic carbocycles. The number of fused-ring (bicyclic) bond motifs is 1. The highest BCUT2D eigenvalue weighted by Crippen LogP contribution is 2.24. The van der Waals surface area contributed by atoms with Crippen LogP contribution >= 0.6 is 11.8 Å². The van der Waals surface area contributed by atoms with Crippen LogP contribution in [0, 0.1) is 0 Å². The Morgan fingerprint density at radius 2 is 2.14 bits per heavy atom. The van der Waals surface area contributed by atoms with Gasteiger partial charge in [0.1, 0.15) is 5.69 Å². The van der Waals surface area contributed by atoms with Crippen LogP contribution in [0.3, 0.4) is 0 Å². The molecule has 0 saturated heterocycles. The van der Waals surface area contributed by atoms with E-state index in [4.69, 9.17) is 0 Å². The molecule has 0 spiro atoms. The van der Waals surface area contributed by atoms with Gasteiger partial charge in [0.2, 0.25) is 5.78 Å². The normalized spacial score (nSPS) is 15.1. The zero-order chi connectivity index (χ0) is 10.1. The molecule has 2 rings (SSSR count). The predicted molar refractivity (Wildman–Crippen MR) is 54.5 cm³/mol. The first kappa shape index (κ1) is 9.15. The number of carbonyl (C=O) groups is 2. The van der Waals surface area contributed by atoms with Crippen molar-refractivity contribution in [3.05, 3.63) is 40.6 Å². The first-order valence-electron chi connectivity index (χ1n) is 4.04. The second-order valence-corrected chi connectivity index (χ2v) is 3.65. The highest BCUT2D eigenvalue weighted by atomic mass is 32.2. The van der Waals surface area contributed by atoms with Crippen molar-refractivity contribution >= 4 is 23.3 Å². The maximum atomic E-state index is 11.7. The summed E-state index contributed by atoms with van der Waals surface area (Å²) in [6, 6.07) is 3.28. The fourth-order valence-corrected chi connectivity index (χ4v) is 1.82. The first-order valence-corrected chi connectivity index (χ1v) is 5.26. The molecule has 1 aromatic heterocycles. The zero-order valence-corrected chi connectivity index (χ0v) is 8.30. The third kappa shape index (κ3) is 1.28. The molecule has 0 fully saturated rings. The number of rotatable bonds is 1. The van der Waals surface area contributed by atoms with Gasteiger partial charge in [0.05, 0.1) is 10.5 Å². The van der Waals surface area contributed by atoms with Crippen LogP contribution < -0.4 is 0 Å². The number of aromatic nitrogens is 1. The summed E-state index contributed by atoms with van der Waals surface area (Å²) in [6.07, 6.45) is 4.66. The minimum Gasteiger partial charge on any atom is -0.289 e. The van der Waals surface area contributed by atoms with E-state index in [1.807, 2.05) is 0 Å². The highest BCUT2D eigenvalue weighted by molar-refractivity contribution is 8.03. The van der Waals surface area contributed by atoms with Crippen molar-refractivity contribution < 1.29 is 9.59 Å². The second kappa shape index (κ2) is 3.38. The lowest BCUT2D eigenvalue weighted by molar-refractivity contribution is 0.0987. The lowest BCUT2D eigenvalue weighted by Gasteiger charge is -2.11. The molecule has 1 aliphatic rings. The minimum absolute atomic E-state index is 0.142. The summed E-state index contributed by atoms with van der Waals surface area (Å²) in [4.78, 5) is 27.6. The van der Waals surface area contributed by atoms with Crippen molar-refractivity contribution in [1.82, 2.24) is 4.98 Å². The Labute approximate surface area is 85.2 Å². The minimum atomic E-state index is -0.160. The van der Waals surface area contributed by atoms with E-state index in [0.29, 0.717) is 10.5 Å². The van der Waals surface area contributed by atoms with Crippen LogP contribution in [0.2, 0.25) is 0 Å². The van der Waals surface area contributed by atoms with Gasteiger partial charge in [0.15, 0.2) is 5.78 Å². The third-order valence-corrected chi connectivity index (χ3v) is 2.74. The number of thioether (sulfide) groups is 1. The fraction of sp³-hybridized carbons (Fsp3) is 0.100. The van der Waals surface area contributed by atoms with Crippen LogP contribution in [-0.4, -0.2) is 22.8 Å². The molecule has 1 heterocycles. The summed E-state index contributed by atoms with van der Waals surface area (Å²) in [5.41, 5.74) is 0.666. The van der Waals surface area contributed by atoms with Crippen molar-refractivity contribution in [2.45, 2.75) is 0 Å². The number of nitrogens with zero attached hydrogens (tertiary/aromatic N) is 1. The van der Waals surface area contributed by atoms with Crippen LogP contribution in [-0.2, 0) is 0 Å². The molecule has 0 N–H and O–H groups in total. The van der Waals surface area contributed by atoms with E-state index < -0.39 is 0 Å². The number of Topliss-reactive ketones (excluding diaryl/α,β-unsaturated/α-hetero) is 1. The van der Waals surface area contributed by atoms with Gasteiger partial charge < -0.3 is 0 Å². The van der Waals surface area contributed by atoms with Gasteiger partial charge in [-0.3, -0.25) is 14.6 Å². The Kier molecular flexibility index (Phi) is 2.21. The molecule has 1 aromatic rings. The van der Waals surface area contributed by atoms with Gasteiger partial charge in [-0.15, -0.1) is 11.8 Å². The second-order valence-electron chi connectivity index (χ2n) is 2.81. The summed E-state index contributed by atoms with van der Waals surface area (Å²) < 4.78 is 0. The Morgan fingerprint density at radius 1 is 1.36 bits per heavy atom. The van der Waals surface area contributed by atoms with Crippen LogP contribution in [0.5, 0.6) is 0 Å². The van der Waals surface area contributed by atoms with Gasteiger partial charge in [-0.05, 0) is 18.4 Å². The molecule has 0 amide bonds. The molecule has 14 heavy (non-hydrogen) atoms. The molecule has 0 bridgehead atoms. The molecule has 4 heteroatoms. The Morgan fingerprint density at radius 3 is 2.86 bits per heavy atom. The maximum Gasteiger partial charge on any atom is 0.218 e. The van der Waals surface area contributed by atoms with E-state index in [1.165, 1.54) is 24.0 Å². The van der Waals surface area contributed by atoms with Crippen molar-refractivity contribution in [3.63, 3.8) is 0 Å². The summed E-state index contributed by atoms with van der Waals surface area (Å²) >= 11 is 1.27. The quantitative estimate of drug-likeness (QED) is 0.700. The molecular weight excluding hydrogens is 198 g/mol. The smallest absolute Gasteiger partial charge is 0.218 e. The molecule has 0 atom stereocenters. The van der Waals surface area contributed by atoms with Gasteiger partial charge >= 0.3 is 0 Å². The van der Waals surface area contributed by atoms with Crippen molar-refractivity contribution in [1.29, 1.82) is 0 Å². The Balaban J connectivity index is 2.61. The monoisotopic (exact) mass is 205 g/mol. The number of ketones is 2. The predicted octanol–water partition coefficient (Wildman–Crippen LogP) is 1.71. The average Bonchev–Trinajstić information content (AvgIpc) is 2.23. The van der Waals surface area contributed by atoms with Crippen molar-refractivity contribution in [3.8, 4) is 0 Å². The molecular formula is C10H7NO2S. The van der Waals surface area contributed by atoms with E-state index >= 15 is 0 Å². The molecule has 0 radical (unpaired) electrons. The average molecular weight is 205 g/mol. The van der Waals surface area contributed by atoms with Gasteiger partial charge in [0.25, 0.3) is 0 Å². The lowest BCUT2D eigenvalue weighted by atomic mass is 10.0. The van der Waals surface area contributed by atoms with Crippen LogP contribution in [0.25, 0.3) is 0 Å². The summed E-state index contributed by atoms with van der Waals surface area (Å²) in [7, 11) is 0. The third-order valence-electron chi connectivity index (χ3n) is 1.99. The van der Waals surface area contributed by atoms with Crippen LogP contribution in [0.4, 0.5) is 0 Å². The molecule has 0 aliphatic heterocycles. The van der Waals surface area contributed by atoms with Crippen molar-refractivity contribution in [2.75, 3.05) is 6.26 Å². The highest BCUT2D eigenvalue weighted by Gasteiger charge is 2.25. The van der Waals surface area contributed by atoms with Gasteiger partial charge in [-0.25, -0.2) is 0 Å². The number of hydrogen-bond acceptors (Lipinski definition) is 4. The number of hydrogen-bond donors (Lipinski definition) is 0. The number of pyridine rings is 1.